The molecule has 0 amide bonds. The van der Waals surface area contributed by atoms with Crippen LogP contribution >= 0.6 is 0 Å². The first-order valence-corrected chi connectivity index (χ1v) is 4.03. The van der Waals surface area contributed by atoms with Crippen molar-refractivity contribution >= 4 is 5.78 Å². The normalized spacial score (nSPS) is 9.80. The van der Waals surface area contributed by atoms with E-state index < -0.39 is 0 Å². The Bertz CT molecular complexity index is 81.3. The number of hydrogen-bond donors (Lipinski definition) is 1. The first-order chi connectivity index (χ1) is 4.81. The summed E-state index contributed by atoms with van der Waals surface area (Å²) in [5.41, 5.74) is 0. The van der Waals surface area contributed by atoms with Crippen LogP contribution in [0.2, 0.25) is 0 Å². The molecule has 0 radical (unpaired) electrons. The summed E-state index contributed by atoms with van der Waals surface area (Å²) >= 11 is 0. The molecule has 0 rings (SSSR count). The van der Waals surface area contributed by atoms with E-state index >= 15 is 0 Å². The molecule has 2 heteroatoms. The van der Waals surface area contributed by atoms with Crippen LogP contribution in [0.5, 0.6) is 0 Å². The fraction of sp³-hybridized carbons (Fsp3) is 0.875. The first kappa shape index (κ1) is 9.63. The minimum Gasteiger partial charge on any atom is -0.310 e. The number of nitrogens with one attached hydrogen (secondary N) is 1. The Morgan fingerprint density at radius 3 is 2.60 bits per heavy atom. The Labute approximate surface area is 63.0 Å². The summed E-state index contributed by atoms with van der Waals surface area (Å²) in [5, 5.41) is 3.01. The number of unbranched alkanes of at least 4 members (excludes halogenated alkanes) is 1. The molecule has 0 aromatic carbocycles. The molecule has 0 heterocycles. The zero-order chi connectivity index (χ0) is 7.82. The molecule has 0 aliphatic heterocycles. The van der Waals surface area contributed by atoms with Gasteiger partial charge in [-0.1, -0.05) is 20.3 Å². The van der Waals surface area contributed by atoms with Gasteiger partial charge in [-0.15, -0.1) is 0 Å². The van der Waals surface area contributed by atoms with Gasteiger partial charge in [0, 0.05) is 6.42 Å². The molecule has 0 saturated heterocycles. The van der Waals surface area contributed by atoms with Crippen molar-refractivity contribution in [3.63, 3.8) is 0 Å². The standard InChI is InChI=1S/C8H17NO/c1-3-5-6-8(10)7-9-4-2/h9H,3-7H2,1-2H3. The number of rotatable bonds is 6. The molecule has 2 nitrogen and oxygen atoms in total. The van der Waals surface area contributed by atoms with Gasteiger partial charge in [-0.25, -0.2) is 0 Å². The summed E-state index contributed by atoms with van der Waals surface area (Å²) in [6, 6.07) is 0. The van der Waals surface area contributed by atoms with Crippen LogP contribution in [0.25, 0.3) is 0 Å². The molecular weight excluding hydrogens is 126 g/mol. The highest BCUT2D eigenvalue weighted by Crippen LogP contribution is 1.93. The number of hydrogen-bond acceptors (Lipinski definition) is 2. The molecule has 10 heavy (non-hydrogen) atoms. The summed E-state index contributed by atoms with van der Waals surface area (Å²) in [4.78, 5) is 10.9. The van der Waals surface area contributed by atoms with E-state index in [0.717, 1.165) is 25.8 Å². The molecule has 0 atom stereocenters. The minimum absolute atomic E-state index is 0.337. The molecule has 0 aromatic heterocycles. The Kier molecular flexibility index (Phi) is 6.50. The molecule has 60 valence electrons. The average Bonchev–Trinajstić information content (AvgIpc) is 1.97. The summed E-state index contributed by atoms with van der Waals surface area (Å²) in [6.45, 7) is 5.54. The summed E-state index contributed by atoms with van der Waals surface area (Å²) in [6.07, 6.45) is 2.88. The maximum Gasteiger partial charge on any atom is 0.146 e. The van der Waals surface area contributed by atoms with Crippen molar-refractivity contribution in [3.05, 3.63) is 0 Å². The highest BCUT2D eigenvalue weighted by molar-refractivity contribution is 5.80. The largest absolute Gasteiger partial charge is 0.310 e. The summed E-state index contributed by atoms with van der Waals surface area (Å²) < 4.78 is 0. The highest BCUT2D eigenvalue weighted by Gasteiger charge is 1.97. The maximum atomic E-state index is 10.9. The number of carbonyl (C=O) groups is 1. The molecule has 0 saturated carbocycles. The van der Waals surface area contributed by atoms with E-state index in [4.69, 9.17) is 0 Å². The van der Waals surface area contributed by atoms with Crippen LogP contribution in [-0.2, 0) is 4.79 Å². The van der Waals surface area contributed by atoms with Crippen LogP contribution in [0.15, 0.2) is 0 Å². The molecule has 0 spiro atoms. The molecular formula is C8H17NO. The number of likely N-dealkylation sites (N-methyl/N-ethyl adjacent to an activating group) is 1. The highest BCUT2D eigenvalue weighted by atomic mass is 16.1. The molecule has 0 bridgehead atoms. The van der Waals surface area contributed by atoms with Gasteiger partial charge in [0.05, 0.1) is 6.54 Å². The number of ketones is 1. The number of carbonyl (C=O) groups excluding carboxylic acids is 1. The first-order valence-electron chi connectivity index (χ1n) is 4.03. The topological polar surface area (TPSA) is 29.1 Å². The predicted molar refractivity (Wildman–Crippen MR) is 43.1 cm³/mol. The Morgan fingerprint density at radius 2 is 2.10 bits per heavy atom. The van der Waals surface area contributed by atoms with E-state index in [-0.39, 0.29) is 0 Å². The fourth-order valence-electron chi connectivity index (χ4n) is 0.727. The Hall–Kier alpha value is -0.370. The van der Waals surface area contributed by atoms with Crippen molar-refractivity contribution in [1.82, 2.24) is 5.32 Å². The second-order valence-corrected chi connectivity index (χ2v) is 2.42. The van der Waals surface area contributed by atoms with Crippen molar-refractivity contribution < 1.29 is 4.79 Å². The summed E-state index contributed by atoms with van der Waals surface area (Å²) in [5.74, 6) is 0.337. The predicted octanol–water partition coefficient (Wildman–Crippen LogP) is 1.36. The zero-order valence-corrected chi connectivity index (χ0v) is 6.94. The van der Waals surface area contributed by atoms with Gasteiger partial charge in [-0.05, 0) is 13.0 Å². The lowest BCUT2D eigenvalue weighted by Crippen LogP contribution is -2.22. The van der Waals surface area contributed by atoms with Crippen LogP contribution < -0.4 is 5.32 Å². The molecule has 0 aliphatic carbocycles. The zero-order valence-electron chi connectivity index (χ0n) is 6.94. The maximum absolute atomic E-state index is 10.9. The number of Topliss-reactive ketones (excluding diaryl/α,β-unsaturated/α-hetero) is 1. The van der Waals surface area contributed by atoms with E-state index in [2.05, 4.69) is 12.2 Å². The van der Waals surface area contributed by atoms with Gasteiger partial charge in [-0.2, -0.15) is 0 Å². The Morgan fingerprint density at radius 1 is 1.40 bits per heavy atom. The Balaban J connectivity index is 3.09. The molecule has 0 aromatic rings. The second-order valence-electron chi connectivity index (χ2n) is 2.42. The quantitative estimate of drug-likeness (QED) is 0.608. The molecule has 1 N–H and O–H groups in total. The molecule has 0 aliphatic rings. The van der Waals surface area contributed by atoms with Crippen LogP contribution in [0, 0.1) is 0 Å². The van der Waals surface area contributed by atoms with Gasteiger partial charge in [0.15, 0.2) is 0 Å². The lowest BCUT2D eigenvalue weighted by atomic mass is 10.2. The van der Waals surface area contributed by atoms with Gasteiger partial charge >= 0.3 is 0 Å². The van der Waals surface area contributed by atoms with E-state index in [1.807, 2.05) is 6.92 Å². The minimum atomic E-state index is 0.337. The van der Waals surface area contributed by atoms with E-state index in [0.29, 0.717) is 12.3 Å². The van der Waals surface area contributed by atoms with Crippen LogP contribution in [0.1, 0.15) is 33.1 Å². The SMILES string of the molecule is CCCCC(=O)CNCC. The van der Waals surface area contributed by atoms with Crippen molar-refractivity contribution in [1.29, 1.82) is 0 Å². The fourth-order valence-corrected chi connectivity index (χ4v) is 0.727. The van der Waals surface area contributed by atoms with Gasteiger partial charge in [-0.3, -0.25) is 4.79 Å². The third kappa shape index (κ3) is 5.76. The van der Waals surface area contributed by atoms with Crippen molar-refractivity contribution in [2.75, 3.05) is 13.1 Å². The molecule has 0 unspecified atom stereocenters. The van der Waals surface area contributed by atoms with Gasteiger partial charge in [0.1, 0.15) is 5.78 Å². The van der Waals surface area contributed by atoms with E-state index in [1.54, 1.807) is 0 Å². The molecule has 0 fully saturated rings. The second kappa shape index (κ2) is 6.75. The average molecular weight is 143 g/mol. The van der Waals surface area contributed by atoms with Gasteiger partial charge in [0.2, 0.25) is 0 Å². The van der Waals surface area contributed by atoms with Crippen molar-refractivity contribution in [2.24, 2.45) is 0 Å². The van der Waals surface area contributed by atoms with Gasteiger partial charge in [0.25, 0.3) is 0 Å². The van der Waals surface area contributed by atoms with Crippen LogP contribution in [0.3, 0.4) is 0 Å². The smallest absolute Gasteiger partial charge is 0.146 e. The lowest BCUT2D eigenvalue weighted by molar-refractivity contribution is -0.118. The lowest BCUT2D eigenvalue weighted by Gasteiger charge is -1.98. The van der Waals surface area contributed by atoms with E-state index in [9.17, 15) is 4.79 Å². The third-order valence-corrected chi connectivity index (χ3v) is 1.38. The van der Waals surface area contributed by atoms with E-state index in [1.165, 1.54) is 0 Å². The van der Waals surface area contributed by atoms with Crippen LogP contribution in [-0.4, -0.2) is 18.9 Å². The van der Waals surface area contributed by atoms with Crippen molar-refractivity contribution in [3.8, 4) is 0 Å². The van der Waals surface area contributed by atoms with Gasteiger partial charge < -0.3 is 5.32 Å². The summed E-state index contributed by atoms with van der Waals surface area (Å²) in [7, 11) is 0. The monoisotopic (exact) mass is 143 g/mol. The van der Waals surface area contributed by atoms with Crippen LogP contribution in [0.4, 0.5) is 0 Å². The van der Waals surface area contributed by atoms with Crippen molar-refractivity contribution in [2.45, 2.75) is 33.1 Å². The third-order valence-electron chi connectivity index (χ3n) is 1.38.